The molecule has 1 amide bonds. The van der Waals surface area contributed by atoms with Crippen LogP contribution in [0.25, 0.3) is 0 Å². The number of likely N-dealkylation sites (N-methyl/N-ethyl adjacent to an activating group) is 1. The fourth-order valence-electron chi connectivity index (χ4n) is 2.57. The number of rotatable bonds is 8. The first kappa shape index (κ1) is 22.4. The van der Waals surface area contributed by atoms with Gasteiger partial charge in [0.25, 0.3) is 0 Å². The molecular formula is C19H23Cl2FN2O2. The summed E-state index contributed by atoms with van der Waals surface area (Å²) in [7, 11) is 3.35. The van der Waals surface area contributed by atoms with Gasteiger partial charge in [-0.1, -0.05) is 35.9 Å². The van der Waals surface area contributed by atoms with Crippen LogP contribution in [0.4, 0.5) is 4.39 Å². The maximum Gasteiger partial charge on any atom is 0.237 e. The molecule has 0 aliphatic rings. The molecule has 1 atom stereocenters. The van der Waals surface area contributed by atoms with Crippen LogP contribution in [0.5, 0.6) is 0 Å². The molecule has 0 aromatic heterocycles. The molecule has 1 N–H and O–H groups in total. The van der Waals surface area contributed by atoms with Gasteiger partial charge in [0.1, 0.15) is 5.82 Å². The van der Waals surface area contributed by atoms with Gasteiger partial charge in [-0.25, -0.2) is 4.39 Å². The van der Waals surface area contributed by atoms with Gasteiger partial charge < -0.3 is 15.0 Å². The van der Waals surface area contributed by atoms with Crippen LogP contribution < -0.4 is 5.32 Å². The molecule has 0 saturated carbocycles. The first-order valence-electron chi connectivity index (χ1n) is 7.99. The second-order valence-corrected chi connectivity index (χ2v) is 6.12. The Morgan fingerprint density at radius 3 is 2.23 bits per heavy atom. The van der Waals surface area contributed by atoms with Crippen LogP contribution in [-0.2, 0) is 9.53 Å². The Hall–Kier alpha value is -1.66. The third kappa shape index (κ3) is 6.25. The molecule has 0 aliphatic heterocycles. The summed E-state index contributed by atoms with van der Waals surface area (Å²) in [5.41, 5.74) is 1.74. The van der Waals surface area contributed by atoms with E-state index in [2.05, 4.69) is 5.32 Å². The number of halogens is 3. The van der Waals surface area contributed by atoms with E-state index >= 15 is 0 Å². The molecule has 0 aliphatic carbocycles. The van der Waals surface area contributed by atoms with Crippen molar-refractivity contribution in [3.8, 4) is 0 Å². The number of carbonyl (C=O) groups excluding carboxylic acids is 1. The van der Waals surface area contributed by atoms with Gasteiger partial charge in [0.05, 0.1) is 19.2 Å². The summed E-state index contributed by atoms with van der Waals surface area (Å²) in [6.45, 7) is 1.33. The Bertz CT molecular complexity index is 635. The molecule has 2 aromatic rings. The zero-order valence-corrected chi connectivity index (χ0v) is 16.3. The highest BCUT2D eigenvalue weighted by atomic mass is 35.5. The van der Waals surface area contributed by atoms with E-state index < -0.39 is 0 Å². The van der Waals surface area contributed by atoms with Crippen LogP contribution in [0, 0.1) is 5.82 Å². The molecule has 2 rings (SSSR count). The number of amides is 1. The van der Waals surface area contributed by atoms with Crippen molar-refractivity contribution in [1.29, 1.82) is 0 Å². The zero-order chi connectivity index (χ0) is 18.2. The molecule has 0 spiro atoms. The van der Waals surface area contributed by atoms with Gasteiger partial charge in [-0.05, 0) is 35.4 Å². The lowest BCUT2D eigenvalue weighted by Gasteiger charge is -2.29. The van der Waals surface area contributed by atoms with E-state index in [1.807, 2.05) is 12.1 Å². The third-order valence-electron chi connectivity index (χ3n) is 3.91. The molecule has 142 valence electrons. The van der Waals surface area contributed by atoms with E-state index in [4.69, 9.17) is 16.3 Å². The number of ether oxygens (including phenoxy) is 1. The second-order valence-electron chi connectivity index (χ2n) is 5.68. The summed E-state index contributed by atoms with van der Waals surface area (Å²) < 4.78 is 18.2. The molecule has 26 heavy (non-hydrogen) atoms. The van der Waals surface area contributed by atoms with Crippen molar-refractivity contribution in [2.45, 2.75) is 6.04 Å². The summed E-state index contributed by atoms with van der Waals surface area (Å²) >= 11 is 5.97. The predicted molar refractivity (Wildman–Crippen MR) is 104 cm³/mol. The SMILES string of the molecule is COCCNCC(=O)N(C)C(c1ccc(F)cc1)c1ccc(Cl)cc1.Cl. The summed E-state index contributed by atoms with van der Waals surface area (Å²) in [6, 6.07) is 13.2. The topological polar surface area (TPSA) is 41.6 Å². The van der Waals surface area contributed by atoms with Gasteiger partial charge in [0.2, 0.25) is 5.91 Å². The van der Waals surface area contributed by atoms with E-state index in [0.29, 0.717) is 18.2 Å². The molecule has 1 unspecified atom stereocenters. The fraction of sp³-hybridized carbons (Fsp3) is 0.316. The molecule has 7 heteroatoms. The quantitative estimate of drug-likeness (QED) is 0.687. The van der Waals surface area contributed by atoms with Crippen LogP contribution >= 0.6 is 24.0 Å². The van der Waals surface area contributed by atoms with Crippen molar-refractivity contribution in [3.63, 3.8) is 0 Å². The van der Waals surface area contributed by atoms with Gasteiger partial charge in [0, 0.05) is 25.7 Å². The van der Waals surface area contributed by atoms with E-state index in [1.54, 1.807) is 43.3 Å². The second kappa shape index (κ2) is 11.1. The van der Waals surface area contributed by atoms with E-state index in [1.165, 1.54) is 12.1 Å². The van der Waals surface area contributed by atoms with Gasteiger partial charge in [-0.2, -0.15) is 0 Å². The molecule has 4 nitrogen and oxygen atoms in total. The van der Waals surface area contributed by atoms with Crippen LogP contribution in [0.1, 0.15) is 17.2 Å². The summed E-state index contributed by atoms with van der Waals surface area (Å²) in [5, 5.41) is 3.67. The van der Waals surface area contributed by atoms with Crippen molar-refractivity contribution in [1.82, 2.24) is 10.2 Å². The van der Waals surface area contributed by atoms with Crippen molar-refractivity contribution in [3.05, 3.63) is 70.5 Å². The minimum absolute atomic E-state index is 0. The number of nitrogens with zero attached hydrogens (tertiary/aromatic N) is 1. The average molecular weight is 401 g/mol. The molecule has 0 saturated heterocycles. The Morgan fingerprint density at radius 2 is 1.69 bits per heavy atom. The van der Waals surface area contributed by atoms with E-state index in [0.717, 1.165) is 11.1 Å². The number of hydrogen-bond acceptors (Lipinski definition) is 3. The van der Waals surface area contributed by atoms with Crippen molar-refractivity contribution >= 4 is 29.9 Å². The number of hydrogen-bond donors (Lipinski definition) is 1. The number of methoxy groups -OCH3 is 1. The number of nitrogens with one attached hydrogen (secondary N) is 1. The standard InChI is InChI=1S/C19H22ClFN2O2.ClH/c1-23(18(24)13-22-11-12-25-2)19(14-3-7-16(20)8-4-14)15-5-9-17(21)10-6-15;/h3-10,19,22H,11-13H2,1-2H3;1H. The minimum Gasteiger partial charge on any atom is -0.383 e. The van der Waals surface area contributed by atoms with Crippen molar-refractivity contribution in [2.24, 2.45) is 0 Å². The Labute approximate surface area is 164 Å². The van der Waals surface area contributed by atoms with E-state index in [9.17, 15) is 9.18 Å². The average Bonchev–Trinajstić information content (AvgIpc) is 2.62. The highest BCUT2D eigenvalue weighted by molar-refractivity contribution is 6.30. The number of benzene rings is 2. The third-order valence-corrected chi connectivity index (χ3v) is 4.16. The van der Waals surface area contributed by atoms with Crippen LogP contribution in [0.15, 0.2) is 48.5 Å². The van der Waals surface area contributed by atoms with Crippen LogP contribution in [-0.4, -0.2) is 44.7 Å². The Kier molecular flexibility index (Phi) is 9.59. The summed E-state index contributed by atoms with van der Waals surface area (Å²) in [6.07, 6.45) is 0. The molecule has 0 bridgehead atoms. The van der Waals surface area contributed by atoms with Gasteiger partial charge in [0.15, 0.2) is 0 Å². The van der Waals surface area contributed by atoms with Crippen molar-refractivity contribution < 1.29 is 13.9 Å². The van der Waals surface area contributed by atoms with Crippen molar-refractivity contribution in [2.75, 3.05) is 33.9 Å². The Balaban J connectivity index is 0.00000338. The lowest BCUT2D eigenvalue weighted by molar-refractivity contribution is -0.130. The zero-order valence-electron chi connectivity index (χ0n) is 14.7. The molecule has 0 heterocycles. The fourth-order valence-corrected chi connectivity index (χ4v) is 2.69. The molecular weight excluding hydrogens is 378 g/mol. The monoisotopic (exact) mass is 400 g/mol. The molecule has 0 radical (unpaired) electrons. The molecule has 0 fully saturated rings. The lowest BCUT2D eigenvalue weighted by Crippen LogP contribution is -2.39. The minimum atomic E-state index is -0.324. The highest BCUT2D eigenvalue weighted by Crippen LogP contribution is 2.28. The summed E-state index contributed by atoms with van der Waals surface area (Å²) in [5.74, 6) is -0.380. The van der Waals surface area contributed by atoms with Gasteiger partial charge >= 0.3 is 0 Å². The normalized spacial score (nSPS) is 11.5. The Morgan fingerprint density at radius 1 is 1.15 bits per heavy atom. The molecule has 2 aromatic carbocycles. The maximum absolute atomic E-state index is 13.3. The largest absolute Gasteiger partial charge is 0.383 e. The lowest BCUT2D eigenvalue weighted by atomic mass is 9.97. The first-order valence-corrected chi connectivity index (χ1v) is 8.37. The van der Waals surface area contributed by atoms with Gasteiger partial charge in [-0.15, -0.1) is 12.4 Å². The van der Waals surface area contributed by atoms with Crippen LogP contribution in [0.3, 0.4) is 0 Å². The summed E-state index contributed by atoms with van der Waals surface area (Å²) in [4.78, 5) is 14.2. The van der Waals surface area contributed by atoms with Crippen LogP contribution in [0.2, 0.25) is 5.02 Å². The first-order chi connectivity index (χ1) is 12.0. The van der Waals surface area contributed by atoms with E-state index in [-0.39, 0.29) is 36.7 Å². The van der Waals surface area contributed by atoms with Gasteiger partial charge in [-0.3, -0.25) is 4.79 Å². The maximum atomic E-state index is 13.3. The number of carbonyl (C=O) groups is 1. The highest BCUT2D eigenvalue weighted by Gasteiger charge is 2.23. The smallest absolute Gasteiger partial charge is 0.237 e. The predicted octanol–water partition coefficient (Wildman–Crippen LogP) is 3.68.